The van der Waals surface area contributed by atoms with Gasteiger partial charge in [0.2, 0.25) is 5.52 Å². The van der Waals surface area contributed by atoms with Crippen molar-refractivity contribution < 1.29 is 21.8 Å². The molecule has 0 amide bonds. The van der Waals surface area contributed by atoms with Crippen LogP contribution in [0.2, 0.25) is 0 Å². The molecule has 6 heteroatoms. The molecule has 0 aliphatic heterocycles. The molecule has 0 saturated heterocycles. The molecule has 3 aromatic carbocycles. The van der Waals surface area contributed by atoms with E-state index < -0.39 is 7.25 Å². The number of rotatable bonds is 3. The average Bonchev–Trinajstić information content (AvgIpc) is 2.68. The first-order valence-electron chi connectivity index (χ1n) is 9.62. The van der Waals surface area contributed by atoms with Crippen molar-refractivity contribution in [3.8, 4) is 11.1 Å². The van der Waals surface area contributed by atoms with Crippen molar-refractivity contribution in [1.82, 2.24) is 0 Å². The highest BCUT2D eigenvalue weighted by Crippen LogP contribution is 2.30. The molecule has 0 fully saturated rings. The van der Waals surface area contributed by atoms with E-state index in [2.05, 4.69) is 103 Å². The second-order valence-corrected chi connectivity index (χ2v) is 7.18. The molecule has 0 unspecified atom stereocenters. The second kappa shape index (κ2) is 9.12. The third-order valence-electron chi connectivity index (χ3n) is 4.73. The Balaban J connectivity index is 0.000000461. The van der Waals surface area contributed by atoms with Gasteiger partial charge in [0, 0.05) is 22.8 Å². The lowest BCUT2D eigenvalue weighted by Crippen LogP contribution is -2.35. The van der Waals surface area contributed by atoms with E-state index in [4.69, 9.17) is 0 Å². The van der Waals surface area contributed by atoms with E-state index in [0.29, 0.717) is 0 Å². The Kier molecular flexibility index (Phi) is 6.55. The zero-order valence-corrected chi connectivity index (χ0v) is 16.8. The lowest BCUT2D eigenvalue weighted by molar-refractivity contribution is -0.662. The Morgan fingerprint density at radius 2 is 1.33 bits per heavy atom. The predicted octanol–water partition coefficient (Wildman–Crippen LogP) is 6.76. The molecule has 0 N–H and O–H groups in total. The summed E-state index contributed by atoms with van der Waals surface area (Å²) in [5.41, 5.74) is 7.81. The molecule has 1 aromatic heterocycles. The molecule has 0 radical (unpaired) electrons. The molecule has 1 heterocycles. The minimum atomic E-state index is -6.00. The number of fused-ring (bicyclic) bond motifs is 1. The number of halogens is 4. The normalized spacial score (nSPS) is 11.1. The van der Waals surface area contributed by atoms with E-state index in [1.54, 1.807) is 0 Å². The summed E-state index contributed by atoms with van der Waals surface area (Å²) in [6, 6.07) is 28.1. The van der Waals surface area contributed by atoms with Crippen molar-refractivity contribution in [2.45, 2.75) is 20.4 Å². The smallest absolute Gasteiger partial charge is 0.418 e. The van der Waals surface area contributed by atoms with E-state index in [-0.39, 0.29) is 0 Å². The summed E-state index contributed by atoms with van der Waals surface area (Å²) in [5, 5.41) is 1.32. The second-order valence-electron chi connectivity index (χ2n) is 7.18. The summed E-state index contributed by atoms with van der Waals surface area (Å²) in [5.74, 6) is 0. The molecule has 0 spiro atoms. The Morgan fingerprint density at radius 3 is 1.93 bits per heavy atom. The maximum atomic E-state index is 9.75. The summed E-state index contributed by atoms with van der Waals surface area (Å²) in [7, 11) is -6.00. The fourth-order valence-corrected chi connectivity index (χ4v) is 3.58. The van der Waals surface area contributed by atoms with Gasteiger partial charge in [-0.3, -0.25) is 0 Å². The first kappa shape index (κ1) is 21.6. The van der Waals surface area contributed by atoms with Crippen molar-refractivity contribution in [2.24, 2.45) is 0 Å². The molecule has 0 aliphatic rings. The first-order valence-corrected chi connectivity index (χ1v) is 9.62. The van der Waals surface area contributed by atoms with Crippen molar-refractivity contribution in [2.75, 3.05) is 0 Å². The number of nitrogens with zero attached hydrogens (tertiary/aromatic N) is 1. The van der Waals surface area contributed by atoms with Crippen molar-refractivity contribution in [3.05, 3.63) is 102 Å². The summed E-state index contributed by atoms with van der Waals surface area (Å²) in [6.07, 6.45) is 2.28. The van der Waals surface area contributed by atoms with Gasteiger partial charge in [-0.05, 0) is 25.5 Å². The van der Waals surface area contributed by atoms with Gasteiger partial charge in [0.1, 0.15) is 0 Å². The quantitative estimate of drug-likeness (QED) is 0.199. The third kappa shape index (κ3) is 5.69. The van der Waals surface area contributed by atoms with Crippen molar-refractivity contribution >= 4 is 18.2 Å². The van der Waals surface area contributed by atoms with Crippen LogP contribution in [0, 0.1) is 13.8 Å². The number of aryl methyl sites for hydroxylation is 2. The molecule has 0 atom stereocenters. The molecule has 0 aliphatic carbocycles. The molecule has 154 valence electrons. The average molecular weight is 411 g/mol. The predicted molar refractivity (Wildman–Crippen MR) is 115 cm³/mol. The van der Waals surface area contributed by atoms with E-state index in [1.807, 2.05) is 0 Å². The largest absolute Gasteiger partial charge is 0.673 e. The molecular weight excluding hydrogens is 389 g/mol. The summed E-state index contributed by atoms with van der Waals surface area (Å²) in [6.45, 7) is 5.26. The van der Waals surface area contributed by atoms with Crippen LogP contribution in [0.15, 0.2) is 85.1 Å². The monoisotopic (exact) mass is 411 g/mol. The molecule has 1 nitrogen and oxygen atoms in total. The van der Waals surface area contributed by atoms with Gasteiger partial charge in [0.05, 0.1) is 5.39 Å². The van der Waals surface area contributed by atoms with Crippen LogP contribution in [0.25, 0.3) is 22.0 Å². The van der Waals surface area contributed by atoms with Gasteiger partial charge >= 0.3 is 7.25 Å². The molecule has 4 aromatic rings. The maximum absolute atomic E-state index is 9.75. The van der Waals surface area contributed by atoms with Crippen LogP contribution in [0.4, 0.5) is 17.3 Å². The zero-order valence-electron chi connectivity index (χ0n) is 16.8. The molecular formula is C24H22BF4N. The summed E-state index contributed by atoms with van der Waals surface area (Å²) in [4.78, 5) is 0. The summed E-state index contributed by atoms with van der Waals surface area (Å²) >= 11 is 0. The highest BCUT2D eigenvalue weighted by molar-refractivity contribution is 6.50. The molecule has 0 saturated carbocycles. The SMILES string of the molecule is Cc1ccc2c(c1)c(-c1ccccc1)c(C)c[n+]2Cc1ccccc1.F[B-](F)(F)F. The third-order valence-corrected chi connectivity index (χ3v) is 4.73. The van der Waals surface area contributed by atoms with Crippen molar-refractivity contribution in [3.63, 3.8) is 0 Å². The fraction of sp³-hybridized carbons (Fsp3) is 0.125. The van der Waals surface area contributed by atoms with Crippen LogP contribution >= 0.6 is 0 Å². The van der Waals surface area contributed by atoms with Crippen LogP contribution < -0.4 is 4.57 Å². The van der Waals surface area contributed by atoms with Gasteiger partial charge in [0.15, 0.2) is 12.7 Å². The van der Waals surface area contributed by atoms with E-state index in [1.165, 1.54) is 38.7 Å². The number of aromatic nitrogens is 1. The summed E-state index contributed by atoms with van der Waals surface area (Å²) < 4.78 is 41.4. The minimum absolute atomic E-state index is 0.885. The highest BCUT2D eigenvalue weighted by atomic mass is 19.5. The van der Waals surface area contributed by atoms with E-state index in [9.17, 15) is 17.3 Å². The molecule has 30 heavy (non-hydrogen) atoms. The van der Waals surface area contributed by atoms with Gasteiger partial charge < -0.3 is 17.3 Å². The highest BCUT2D eigenvalue weighted by Gasteiger charge is 2.20. The van der Waals surface area contributed by atoms with Crippen LogP contribution in [-0.2, 0) is 6.54 Å². The van der Waals surface area contributed by atoms with Gasteiger partial charge in [0.25, 0.3) is 0 Å². The Labute approximate surface area is 173 Å². The molecule has 0 bridgehead atoms. The Morgan fingerprint density at radius 1 is 0.767 bits per heavy atom. The lowest BCUT2D eigenvalue weighted by atomic mass is 9.96. The number of benzene rings is 3. The lowest BCUT2D eigenvalue weighted by Gasteiger charge is -2.11. The minimum Gasteiger partial charge on any atom is -0.418 e. The van der Waals surface area contributed by atoms with Gasteiger partial charge in [-0.15, -0.1) is 0 Å². The van der Waals surface area contributed by atoms with Gasteiger partial charge in [-0.1, -0.05) is 72.3 Å². The zero-order chi connectivity index (χ0) is 21.7. The Bertz CT molecular complexity index is 1120. The number of hydrogen-bond donors (Lipinski definition) is 0. The maximum Gasteiger partial charge on any atom is 0.673 e. The van der Waals surface area contributed by atoms with Crippen LogP contribution in [0.3, 0.4) is 0 Å². The van der Waals surface area contributed by atoms with Crippen molar-refractivity contribution in [1.29, 1.82) is 0 Å². The van der Waals surface area contributed by atoms with Crippen LogP contribution in [-0.4, -0.2) is 7.25 Å². The van der Waals surface area contributed by atoms with E-state index in [0.717, 1.165) is 6.54 Å². The fourth-order valence-electron chi connectivity index (χ4n) is 3.58. The van der Waals surface area contributed by atoms with E-state index >= 15 is 0 Å². The van der Waals surface area contributed by atoms with Gasteiger partial charge in [-0.2, -0.15) is 4.57 Å². The standard InChI is InChI=1S/C24H22N.BF4/c1-18-13-14-23-22(15-18)24(21-11-7-4-8-12-21)19(2)16-25(23)17-20-9-5-3-6-10-20;2-1(3,4)5/h3-16H,17H2,1-2H3;/q+1;-1. The number of pyridine rings is 1. The van der Waals surface area contributed by atoms with Gasteiger partial charge in [-0.25, -0.2) is 0 Å². The Hall–Kier alpha value is -3.15. The first-order chi connectivity index (χ1) is 14.2. The van der Waals surface area contributed by atoms with Crippen LogP contribution in [0.5, 0.6) is 0 Å². The van der Waals surface area contributed by atoms with Crippen LogP contribution in [0.1, 0.15) is 16.7 Å². The number of hydrogen-bond acceptors (Lipinski definition) is 0. The topological polar surface area (TPSA) is 3.88 Å². The molecule has 4 rings (SSSR count).